The summed E-state index contributed by atoms with van der Waals surface area (Å²) in [7, 11) is -3.51. The van der Waals surface area contributed by atoms with Crippen molar-refractivity contribution in [1.82, 2.24) is 5.32 Å². The molecule has 0 aliphatic heterocycles. The van der Waals surface area contributed by atoms with E-state index in [9.17, 15) is 13.2 Å². The van der Waals surface area contributed by atoms with E-state index in [0.717, 1.165) is 5.56 Å². The average Bonchev–Trinajstić information content (AvgIpc) is 2.48. The molecule has 0 aliphatic carbocycles. The number of thiophene rings is 1. The molecular weight excluding hydrogens is 236 g/mol. The monoisotopic (exact) mass is 248 g/mol. The van der Waals surface area contributed by atoms with E-state index in [1.165, 1.54) is 11.3 Å². The Bertz CT molecular complexity index is 450. The molecule has 0 bridgehead atoms. The first-order valence-corrected chi connectivity index (χ1v) is 6.82. The maximum atomic E-state index is 11.5. The molecule has 7 heteroatoms. The minimum atomic E-state index is -3.51. The molecule has 5 nitrogen and oxygen atoms in total. The van der Waals surface area contributed by atoms with Crippen molar-refractivity contribution in [3.8, 4) is 0 Å². The molecule has 0 atom stereocenters. The molecule has 0 aliphatic rings. The van der Waals surface area contributed by atoms with Gasteiger partial charge in [-0.3, -0.25) is 4.79 Å². The van der Waals surface area contributed by atoms with Crippen molar-refractivity contribution in [2.45, 2.75) is 6.92 Å². The van der Waals surface area contributed by atoms with Crippen LogP contribution in [0, 0.1) is 6.92 Å². The number of carbonyl (C=O) groups is 1. The highest BCUT2D eigenvalue weighted by molar-refractivity contribution is 7.89. The zero-order valence-corrected chi connectivity index (χ0v) is 9.82. The molecule has 15 heavy (non-hydrogen) atoms. The Morgan fingerprint density at radius 1 is 1.60 bits per heavy atom. The van der Waals surface area contributed by atoms with E-state index in [1.54, 1.807) is 0 Å². The van der Waals surface area contributed by atoms with Gasteiger partial charge < -0.3 is 5.32 Å². The van der Waals surface area contributed by atoms with Crippen LogP contribution in [0.2, 0.25) is 0 Å². The molecule has 1 amide bonds. The minimum Gasteiger partial charge on any atom is -0.350 e. The summed E-state index contributed by atoms with van der Waals surface area (Å²) >= 11 is 1.32. The number of hydrogen-bond donors (Lipinski definition) is 2. The van der Waals surface area contributed by atoms with Crippen LogP contribution in [0.25, 0.3) is 0 Å². The fraction of sp³-hybridized carbons (Fsp3) is 0.375. The predicted molar refractivity (Wildman–Crippen MR) is 59.4 cm³/mol. The zero-order valence-electron chi connectivity index (χ0n) is 8.19. The van der Waals surface area contributed by atoms with Gasteiger partial charge in [0.25, 0.3) is 5.91 Å². The van der Waals surface area contributed by atoms with E-state index in [4.69, 9.17) is 5.14 Å². The van der Waals surface area contributed by atoms with Crippen molar-refractivity contribution in [2.24, 2.45) is 5.14 Å². The molecule has 0 radical (unpaired) electrons. The van der Waals surface area contributed by atoms with E-state index in [1.807, 2.05) is 18.4 Å². The summed E-state index contributed by atoms with van der Waals surface area (Å²) in [6, 6.07) is 1.83. The Morgan fingerprint density at radius 3 is 2.73 bits per heavy atom. The third-order valence-corrected chi connectivity index (χ3v) is 3.53. The van der Waals surface area contributed by atoms with Gasteiger partial charge in [-0.05, 0) is 23.9 Å². The van der Waals surface area contributed by atoms with Crippen LogP contribution < -0.4 is 10.5 Å². The van der Waals surface area contributed by atoms with Crippen LogP contribution in [-0.2, 0) is 10.0 Å². The Labute approximate surface area is 92.3 Å². The molecule has 84 valence electrons. The van der Waals surface area contributed by atoms with Crippen molar-refractivity contribution < 1.29 is 13.2 Å². The Kier molecular flexibility index (Phi) is 3.83. The van der Waals surface area contributed by atoms with E-state index < -0.39 is 10.0 Å². The number of aryl methyl sites for hydroxylation is 1. The molecule has 3 N–H and O–H groups in total. The Morgan fingerprint density at radius 2 is 2.27 bits per heavy atom. The predicted octanol–water partition coefficient (Wildman–Crippen LogP) is 0.0748. The SMILES string of the molecule is Cc1ccsc1C(=O)NCCS(N)(=O)=O. The lowest BCUT2D eigenvalue weighted by molar-refractivity contribution is 0.0959. The third-order valence-electron chi connectivity index (χ3n) is 1.74. The van der Waals surface area contributed by atoms with Gasteiger partial charge in [0.2, 0.25) is 10.0 Å². The lowest BCUT2D eigenvalue weighted by atomic mass is 10.3. The van der Waals surface area contributed by atoms with Crippen molar-refractivity contribution in [1.29, 1.82) is 0 Å². The normalized spacial score (nSPS) is 11.3. The number of carbonyl (C=O) groups excluding carboxylic acids is 1. The lowest BCUT2D eigenvalue weighted by Crippen LogP contribution is -2.31. The van der Waals surface area contributed by atoms with Gasteiger partial charge in [0.05, 0.1) is 10.6 Å². The van der Waals surface area contributed by atoms with Crippen LogP contribution in [0.3, 0.4) is 0 Å². The van der Waals surface area contributed by atoms with E-state index in [2.05, 4.69) is 5.32 Å². The highest BCUT2D eigenvalue weighted by Crippen LogP contribution is 2.14. The van der Waals surface area contributed by atoms with Crippen LogP contribution >= 0.6 is 11.3 Å². The van der Waals surface area contributed by atoms with Gasteiger partial charge in [0.1, 0.15) is 0 Å². The summed E-state index contributed by atoms with van der Waals surface area (Å²) in [4.78, 5) is 12.1. The number of nitrogens with two attached hydrogens (primary N) is 1. The van der Waals surface area contributed by atoms with Gasteiger partial charge in [-0.25, -0.2) is 13.6 Å². The number of sulfonamides is 1. The largest absolute Gasteiger partial charge is 0.350 e. The molecular formula is C8H12N2O3S2. The summed E-state index contributed by atoms with van der Waals surface area (Å²) in [6.07, 6.45) is 0. The first-order valence-electron chi connectivity index (χ1n) is 4.23. The summed E-state index contributed by atoms with van der Waals surface area (Å²) in [5.41, 5.74) is 0.883. The fourth-order valence-corrected chi connectivity index (χ4v) is 2.22. The Hall–Kier alpha value is -0.920. The quantitative estimate of drug-likeness (QED) is 0.790. The van der Waals surface area contributed by atoms with Gasteiger partial charge >= 0.3 is 0 Å². The molecule has 0 saturated carbocycles. The van der Waals surface area contributed by atoms with Gasteiger partial charge in [-0.2, -0.15) is 0 Å². The Balaban J connectivity index is 2.48. The number of rotatable bonds is 4. The third kappa shape index (κ3) is 3.98. The molecule has 0 aromatic carbocycles. The molecule has 1 rings (SSSR count). The summed E-state index contributed by atoms with van der Waals surface area (Å²) in [6.45, 7) is 1.86. The van der Waals surface area contributed by atoms with Crippen LogP contribution in [0.4, 0.5) is 0 Å². The lowest BCUT2D eigenvalue weighted by Gasteiger charge is -2.02. The highest BCUT2D eigenvalue weighted by Gasteiger charge is 2.10. The van der Waals surface area contributed by atoms with E-state index in [-0.39, 0.29) is 18.2 Å². The van der Waals surface area contributed by atoms with Gasteiger partial charge in [0, 0.05) is 6.54 Å². The molecule has 1 aromatic rings. The van der Waals surface area contributed by atoms with E-state index in [0.29, 0.717) is 4.88 Å². The minimum absolute atomic E-state index is 0.0367. The van der Waals surface area contributed by atoms with Crippen molar-refractivity contribution in [3.63, 3.8) is 0 Å². The van der Waals surface area contributed by atoms with Gasteiger partial charge in [0.15, 0.2) is 0 Å². The van der Waals surface area contributed by atoms with E-state index >= 15 is 0 Å². The molecule has 0 fully saturated rings. The topological polar surface area (TPSA) is 89.3 Å². The highest BCUT2D eigenvalue weighted by atomic mass is 32.2. The summed E-state index contributed by atoms with van der Waals surface area (Å²) in [5.74, 6) is -0.505. The fourth-order valence-electron chi connectivity index (χ4n) is 0.992. The molecule has 1 aromatic heterocycles. The number of amides is 1. The standard InChI is InChI=1S/C8H12N2O3S2/c1-6-2-4-14-7(6)8(11)10-3-5-15(9,12)13/h2,4H,3,5H2,1H3,(H,10,11)(H2,9,12,13). The smallest absolute Gasteiger partial charge is 0.261 e. The van der Waals surface area contributed by atoms with Gasteiger partial charge in [-0.15, -0.1) is 11.3 Å². The number of nitrogens with one attached hydrogen (secondary N) is 1. The molecule has 0 saturated heterocycles. The second kappa shape index (κ2) is 4.73. The second-order valence-electron chi connectivity index (χ2n) is 3.06. The van der Waals surface area contributed by atoms with Crippen LogP contribution in [0.15, 0.2) is 11.4 Å². The number of primary sulfonamides is 1. The molecule has 0 spiro atoms. The number of hydrogen-bond acceptors (Lipinski definition) is 4. The molecule has 1 heterocycles. The first kappa shape index (κ1) is 12.2. The van der Waals surface area contributed by atoms with Crippen LogP contribution in [0.1, 0.15) is 15.2 Å². The summed E-state index contributed by atoms with van der Waals surface area (Å²) < 4.78 is 21.2. The van der Waals surface area contributed by atoms with Gasteiger partial charge in [-0.1, -0.05) is 0 Å². The zero-order chi connectivity index (χ0) is 11.5. The van der Waals surface area contributed by atoms with Crippen molar-refractivity contribution >= 4 is 27.3 Å². The maximum absolute atomic E-state index is 11.5. The average molecular weight is 248 g/mol. The van der Waals surface area contributed by atoms with Crippen LogP contribution in [-0.4, -0.2) is 26.6 Å². The first-order chi connectivity index (χ1) is 6.90. The van der Waals surface area contributed by atoms with Crippen LogP contribution in [0.5, 0.6) is 0 Å². The second-order valence-corrected chi connectivity index (χ2v) is 5.71. The van der Waals surface area contributed by atoms with Crippen molar-refractivity contribution in [3.05, 3.63) is 21.9 Å². The maximum Gasteiger partial charge on any atom is 0.261 e. The summed E-state index contributed by atoms with van der Waals surface area (Å²) in [5, 5.41) is 9.10. The molecule has 0 unspecified atom stereocenters. The van der Waals surface area contributed by atoms with Crippen molar-refractivity contribution in [2.75, 3.05) is 12.3 Å².